The van der Waals surface area contributed by atoms with Crippen LogP contribution in [0, 0.1) is 5.92 Å². The number of fused-ring (bicyclic) bond motifs is 1. The maximum atomic E-state index is 12.4. The van der Waals surface area contributed by atoms with E-state index >= 15 is 0 Å². The van der Waals surface area contributed by atoms with Crippen molar-refractivity contribution in [1.29, 1.82) is 0 Å². The van der Waals surface area contributed by atoms with Crippen LogP contribution in [0.4, 0.5) is 5.69 Å². The van der Waals surface area contributed by atoms with Gasteiger partial charge in [0.1, 0.15) is 12.4 Å². The summed E-state index contributed by atoms with van der Waals surface area (Å²) < 4.78 is 11.6. The SMILES string of the molecule is COCCNC(=O)C1COc2ccc(NC(=O)c3ccc(Br)cc3)cc2C1. The van der Waals surface area contributed by atoms with Gasteiger partial charge in [0.25, 0.3) is 5.91 Å². The fourth-order valence-electron chi connectivity index (χ4n) is 2.87. The highest BCUT2D eigenvalue weighted by Gasteiger charge is 2.26. The first-order valence-electron chi connectivity index (χ1n) is 8.66. The van der Waals surface area contributed by atoms with Gasteiger partial charge in [0.2, 0.25) is 5.91 Å². The van der Waals surface area contributed by atoms with Crippen LogP contribution in [0.5, 0.6) is 5.75 Å². The lowest BCUT2D eigenvalue weighted by Gasteiger charge is -2.25. The molecule has 142 valence electrons. The lowest BCUT2D eigenvalue weighted by Crippen LogP contribution is -2.38. The zero-order valence-corrected chi connectivity index (χ0v) is 16.5. The van der Waals surface area contributed by atoms with Gasteiger partial charge in [-0.05, 0) is 54.4 Å². The fraction of sp³-hybridized carbons (Fsp3) is 0.300. The van der Waals surface area contributed by atoms with Gasteiger partial charge in [0, 0.05) is 29.4 Å². The van der Waals surface area contributed by atoms with E-state index in [0.717, 1.165) is 15.8 Å². The summed E-state index contributed by atoms with van der Waals surface area (Å²) in [5.74, 6) is 0.249. The largest absolute Gasteiger partial charge is 0.492 e. The van der Waals surface area contributed by atoms with Crippen molar-refractivity contribution >= 4 is 33.4 Å². The molecule has 1 heterocycles. The van der Waals surface area contributed by atoms with Crippen molar-refractivity contribution in [3.63, 3.8) is 0 Å². The van der Waals surface area contributed by atoms with Crippen molar-refractivity contribution in [1.82, 2.24) is 5.32 Å². The first-order chi connectivity index (χ1) is 13.1. The summed E-state index contributed by atoms with van der Waals surface area (Å²) in [5.41, 5.74) is 2.15. The smallest absolute Gasteiger partial charge is 0.255 e. The van der Waals surface area contributed by atoms with E-state index in [2.05, 4.69) is 26.6 Å². The molecule has 0 bridgehead atoms. The van der Waals surface area contributed by atoms with Gasteiger partial charge in [0.15, 0.2) is 0 Å². The third kappa shape index (κ3) is 5.08. The summed E-state index contributed by atoms with van der Waals surface area (Å²) in [4.78, 5) is 24.6. The standard InChI is InChI=1S/C20H21BrN2O4/c1-26-9-8-22-19(24)15-10-14-11-17(6-7-18(14)27-12-15)23-20(25)13-2-4-16(21)5-3-13/h2-7,11,15H,8-10,12H2,1H3,(H,22,24)(H,23,25). The first kappa shape index (κ1) is 19.4. The molecule has 1 aliphatic heterocycles. The lowest BCUT2D eigenvalue weighted by molar-refractivity contribution is -0.126. The molecule has 0 saturated carbocycles. The van der Waals surface area contributed by atoms with Crippen molar-refractivity contribution in [3.05, 3.63) is 58.1 Å². The molecule has 27 heavy (non-hydrogen) atoms. The zero-order valence-electron chi connectivity index (χ0n) is 15.0. The second kappa shape index (κ2) is 9.01. The highest BCUT2D eigenvalue weighted by Crippen LogP contribution is 2.30. The Labute approximate surface area is 166 Å². The number of anilines is 1. The van der Waals surface area contributed by atoms with E-state index < -0.39 is 0 Å². The highest BCUT2D eigenvalue weighted by molar-refractivity contribution is 9.10. The molecule has 2 amide bonds. The van der Waals surface area contributed by atoms with E-state index in [1.165, 1.54) is 0 Å². The van der Waals surface area contributed by atoms with Crippen LogP contribution in [0.1, 0.15) is 15.9 Å². The summed E-state index contributed by atoms with van der Waals surface area (Å²) in [5, 5.41) is 5.73. The Bertz CT molecular complexity index is 823. The van der Waals surface area contributed by atoms with E-state index in [0.29, 0.717) is 37.4 Å². The Balaban J connectivity index is 1.65. The van der Waals surface area contributed by atoms with Gasteiger partial charge in [-0.2, -0.15) is 0 Å². The van der Waals surface area contributed by atoms with Crippen LogP contribution in [0.15, 0.2) is 46.9 Å². The molecule has 0 aliphatic carbocycles. The number of carbonyl (C=O) groups is 2. The van der Waals surface area contributed by atoms with E-state index in [1.807, 2.05) is 24.3 Å². The van der Waals surface area contributed by atoms with Gasteiger partial charge < -0.3 is 20.1 Å². The molecule has 6 nitrogen and oxygen atoms in total. The average Bonchev–Trinajstić information content (AvgIpc) is 2.68. The topological polar surface area (TPSA) is 76.7 Å². The summed E-state index contributed by atoms with van der Waals surface area (Å²) in [6.07, 6.45) is 0.566. The van der Waals surface area contributed by atoms with E-state index in [4.69, 9.17) is 9.47 Å². The predicted octanol–water partition coefficient (Wildman–Crippen LogP) is 3.02. The fourth-order valence-corrected chi connectivity index (χ4v) is 3.13. The molecular weight excluding hydrogens is 412 g/mol. The minimum Gasteiger partial charge on any atom is -0.492 e. The summed E-state index contributed by atoms with van der Waals surface area (Å²) >= 11 is 3.35. The highest BCUT2D eigenvalue weighted by atomic mass is 79.9. The second-order valence-electron chi connectivity index (χ2n) is 6.28. The number of nitrogens with one attached hydrogen (secondary N) is 2. The first-order valence-corrected chi connectivity index (χ1v) is 9.45. The molecule has 1 unspecified atom stereocenters. The molecule has 0 radical (unpaired) electrons. The number of carbonyl (C=O) groups excluding carboxylic acids is 2. The third-order valence-corrected chi connectivity index (χ3v) is 4.84. The minimum absolute atomic E-state index is 0.0537. The molecule has 0 spiro atoms. The second-order valence-corrected chi connectivity index (χ2v) is 7.20. The van der Waals surface area contributed by atoms with E-state index in [9.17, 15) is 9.59 Å². The molecule has 2 N–H and O–H groups in total. The molecule has 0 saturated heterocycles. The van der Waals surface area contributed by atoms with Crippen LogP contribution in [-0.4, -0.2) is 38.7 Å². The molecule has 0 fully saturated rings. The molecule has 3 rings (SSSR count). The van der Waals surface area contributed by atoms with E-state index in [-0.39, 0.29) is 17.7 Å². The number of halogens is 1. The Morgan fingerprint density at radius 2 is 2.00 bits per heavy atom. The van der Waals surface area contributed by atoms with Crippen LogP contribution in [-0.2, 0) is 16.0 Å². The number of ether oxygens (including phenoxy) is 2. The van der Waals surface area contributed by atoms with Crippen molar-refractivity contribution in [2.45, 2.75) is 6.42 Å². The number of amides is 2. The molecule has 2 aromatic rings. The van der Waals surface area contributed by atoms with Crippen molar-refractivity contribution in [2.75, 3.05) is 32.2 Å². The number of hydrogen-bond donors (Lipinski definition) is 2. The maximum absolute atomic E-state index is 12.4. The van der Waals surface area contributed by atoms with Gasteiger partial charge in [-0.25, -0.2) is 0 Å². The van der Waals surface area contributed by atoms with Crippen LogP contribution in [0.2, 0.25) is 0 Å². The average molecular weight is 433 g/mol. The molecule has 1 atom stereocenters. The van der Waals surface area contributed by atoms with Crippen molar-refractivity contribution < 1.29 is 19.1 Å². The van der Waals surface area contributed by atoms with Crippen molar-refractivity contribution in [3.8, 4) is 5.75 Å². The Morgan fingerprint density at radius 3 is 2.74 bits per heavy atom. The third-order valence-electron chi connectivity index (χ3n) is 4.31. The van der Waals surface area contributed by atoms with Crippen LogP contribution in [0.25, 0.3) is 0 Å². The van der Waals surface area contributed by atoms with E-state index in [1.54, 1.807) is 25.3 Å². The molecule has 7 heteroatoms. The van der Waals surface area contributed by atoms with Gasteiger partial charge in [-0.1, -0.05) is 15.9 Å². The Morgan fingerprint density at radius 1 is 1.22 bits per heavy atom. The van der Waals surface area contributed by atoms with Gasteiger partial charge >= 0.3 is 0 Å². The molecular formula is C20H21BrN2O4. The van der Waals surface area contributed by atoms with Gasteiger partial charge in [-0.15, -0.1) is 0 Å². The van der Waals surface area contributed by atoms with Crippen molar-refractivity contribution in [2.24, 2.45) is 5.92 Å². The number of hydrogen-bond acceptors (Lipinski definition) is 4. The maximum Gasteiger partial charge on any atom is 0.255 e. The van der Waals surface area contributed by atoms with Crippen LogP contribution >= 0.6 is 15.9 Å². The summed E-state index contributed by atoms with van der Waals surface area (Å²) in [6.45, 7) is 1.29. The lowest BCUT2D eigenvalue weighted by atomic mass is 9.95. The number of benzene rings is 2. The normalized spacial score (nSPS) is 15.4. The Hall–Kier alpha value is -2.38. The van der Waals surface area contributed by atoms with Crippen LogP contribution in [0.3, 0.4) is 0 Å². The zero-order chi connectivity index (χ0) is 19.2. The summed E-state index contributed by atoms with van der Waals surface area (Å²) in [7, 11) is 1.59. The molecule has 0 aromatic heterocycles. The molecule has 2 aromatic carbocycles. The van der Waals surface area contributed by atoms with Crippen LogP contribution < -0.4 is 15.4 Å². The number of rotatable bonds is 6. The number of methoxy groups -OCH3 is 1. The van der Waals surface area contributed by atoms with Gasteiger partial charge in [-0.3, -0.25) is 9.59 Å². The predicted molar refractivity (Wildman–Crippen MR) is 106 cm³/mol. The quantitative estimate of drug-likeness (QED) is 0.687. The minimum atomic E-state index is -0.258. The Kier molecular flexibility index (Phi) is 6.47. The monoisotopic (exact) mass is 432 g/mol. The van der Waals surface area contributed by atoms with Gasteiger partial charge in [0.05, 0.1) is 12.5 Å². The summed E-state index contributed by atoms with van der Waals surface area (Å²) in [6, 6.07) is 12.6. The molecule has 1 aliphatic rings.